The summed E-state index contributed by atoms with van der Waals surface area (Å²) in [6.07, 6.45) is 7.52. The smallest absolute Gasteiger partial charge is 0.367 e. The molecule has 1 aromatic heterocycles. The van der Waals surface area contributed by atoms with E-state index in [9.17, 15) is 0 Å². The van der Waals surface area contributed by atoms with Gasteiger partial charge in [0.2, 0.25) is 0 Å². The molecule has 0 spiro atoms. The molecule has 0 unspecified atom stereocenters. The lowest BCUT2D eigenvalue weighted by Gasteiger charge is -2.41. The molecule has 1 aliphatic heterocycles. The molecule has 5 heteroatoms. The zero-order chi connectivity index (χ0) is 13.4. The first-order valence-corrected chi connectivity index (χ1v) is 6.75. The Labute approximate surface area is 109 Å². The van der Waals surface area contributed by atoms with Crippen LogP contribution in [0.4, 0.5) is 5.82 Å². The highest BCUT2D eigenvalue weighted by molar-refractivity contribution is 6.67. The predicted molar refractivity (Wildman–Crippen MR) is 74.2 cm³/mol. The maximum atomic E-state index is 6.31. The molecule has 1 aliphatic rings. The zero-order valence-electron chi connectivity index (χ0n) is 12.0. The van der Waals surface area contributed by atoms with Gasteiger partial charge in [0.05, 0.1) is 17.8 Å². The summed E-state index contributed by atoms with van der Waals surface area (Å²) in [7, 11) is 0. The number of nitrogens with zero attached hydrogens (tertiary/aromatic N) is 3. The second kappa shape index (κ2) is 4.37. The highest BCUT2D eigenvalue weighted by Crippen LogP contribution is 2.29. The summed E-state index contributed by atoms with van der Waals surface area (Å²) in [5.41, 5.74) is -0.0779. The van der Waals surface area contributed by atoms with E-state index in [1.807, 2.05) is 12.4 Å². The molecule has 0 radical (unpaired) electrons. The molecular formula is C13H22BN3O. The second-order valence-corrected chi connectivity index (χ2v) is 6.04. The summed E-state index contributed by atoms with van der Waals surface area (Å²) in [6, 6.07) is 0. The van der Waals surface area contributed by atoms with E-state index in [4.69, 9.17) is 4.65 Å². The first kappa shape index (κ1) is 13.1. The lowest BCUT2D eigenvalue weighted by Crippen LogP contribution is -2.68. The molecule has 98 valence electrons. The van der Waals surface area contributed by atoms with Gasteiger partial charge in [-0.05, 0) is 25.8 Å². The molecule has 0 aliphatic carbocycles. The van der Waals surface area contributed by atoms with Crippen molar-refractivity contribution in [1.29, 1.82) is 0 Å². The largest absolute Gasteiger partial charge is 0.648 e. The third kappa shape index (κ3) is 2.02. The number of hydrogen-bond donors (Lipinski definition) is 0. The van der Waals surface area contributed by atoms with Crippen molar-refractivity contribution in [3.8, 4) is 0 Å². The van der Waals surface area contributed by atoms with E-state index in [0.717, 1.165) is 24.4 Å². The average Bonchev–Trinajstić information content (AvgIpc) is 2.36. The van der Waals surface area contributed by atoms with Gasteiger partial charge in [-0.25, -0.2) is 0 Å². The van der Waals surface area contributed by atoms with Crippen LogP contribution in [0, 0.1) is 5.41 Å². The third-order valence-electron chi connectivity index (χ3n) is 3.74. The Hall–Kier alpha value is -1.39. The van der Waals surface area contributed by atoms with Gasteiger partial charge in [0.1, 0.15) is 6.20 Å². The highest BCUT2D eigenvalue weighted by atomic mass is 16.5. The van der Waals surface area contributed by atoms with Gasteiger partial charge in [0.15, 0.2) is 0 Å². The van der Waals surface area contributed by atoms with Crippen LogP contribution < -0.4 is 4.48 Å². The lowest BCUT2D eigenvalue weighted by atomic mass is 9.46. The minimum absolute atomic E-state index is 0.0779. The van der Waals surface area contributed by atoms with E-state index < -0.39 is 6.48 Å². The first-order valence-electron chi connectivity index (χ1n) is 6.75. The van der Waals surface area contributed by atoms with E-state index in [2.05, 4.69) is 49.1 Å². The molecule has 2 rings (SSSR count). The Morgan fingerprint density at radius 1 is 1.28 bits per heavy atom. The Morgan fingerprint density at radius 3 is 2.50 bits per heavy atom. The van der Waals surface area contributed by atoms with Crippen molar-refractivity contribution in [3.05, 3.63) is 18.6 Å². The highest BCUT2D eigenvalue weighted by Gasteiger charge is 2.42. The first-order chi connectivity index (χ1) is 8.43. The SMILES string of the molecule is CC[B-]1(CC)OC(C(C)(C)C)=Nc2cncc[n+]21. The zero-order valence-corrected chi connectivity index (χ0v) is 12.0. The molecular weight excluding hydrogens is 225 g/mol. The van der Waals surface area contributed by atoms with Crippen LogP contribution in [0.2, 0.25) is 12.6 Å². The maximum Gasteiger partial charge on any atom is 0.367 e. The van der Waals surface area contributed by atoms with Gasteiger partial charge in [-0.2, -0.15) is 0 Å². The van der Waals surface area contributed by atoms with Gasteiger partial charge in [0, 0.05) is 0 Å². The van der Waals surface area contributed by atoms with Crippen LogP contribution in [0.5, 0.6) is 0 Å². The molecule has 0 saturated heterocycles. The summed E-state index contributed by atoms with van der Waals surface area (Å²) in [5, 5.41) is 0. The van der Waals surface area contributed by atoms with Crippen LogP contribution in [0.3, 0.4) is 0 Å². The number of aliphatic imine (C=N–C) groups is 1. The number of rotatable bonds is 2. The molecule has 18 heavy (non-hydrogen) atoms. The van der Waals surface area contributed by atoms with Gasteiger partial charge in [-0.3, -0.25) is 4.98 Å². The van der Waals surface area contributed by atoms with Crippen molar-refractivity contribution < 1.29 is 9.13 Å². The van der Waals surface area contributed by atoms with Crippen molar-refractivity contribution in [1.82, 2.24) is 4.98 Å². The van der Waals surface area contributed by atoms with E-state index in [0.29, 0.717) is 0 Å². The fourth-order valence-corrected chi connectivity index (χ4v) is 2.44. The molecule has 0 aromatic carbocycles. The summed E-state index contributed by atoms with van der Waals surface area (Å²) < 4.78 is 8.47. The molecule has 0 N–H and O–H groups in total. The van der Waals surface area contributed by atoms with Crippen LogP contribution in [0.25, 0.3) is 0 Å². The molecule has 0 atom stereocenters. The molecule has 0 bridgehead atoms. The topological polar surface area (TPSA) is 38.4 Å². The number of hydrogen-bond acceptors (Lipinski definition) is 3. The minimum Gasteiger partial charge on any atom is -0.648 e. The van der Waals surface area contributed by atoms with Crippen molar-refractivity contribution in [2.24, 2.45) is 10.4 Å². The molecule has 0 fully saturated rings. The van der Waals surface area contributed by atoms with Crippen molar-refractivity contribution in [2.75, 3.05) is 0 Å². The lowest BCUT2D eigenvalue weighted by molar-refractivity contribution is -0.549. The summed E-state index contributed by atoms with van der Waals surface area (Å²) in [5.74, 6) is 1.72. The van der Waals surface area contributed by atoms with Crippen LogP contribution in [0.1, 0.15) is 34.6 Å². The fraction of sp³-hybridized carbons (Fsp3) is 0.615. The van der Waals surface area contributed by atoms with Gasteiger partial charge < -0.3 is 9.13 Å². The Kier molecular flexibility index (Phi) is 3.17. The minimum atomic E-state index is -1.07. The fourth-order valence-electron chi connectivity index (χ4n) is 2.44. The van der Waals surface area contributed by atoms with Crippen molar-refractivity contribution in [3.63, 3.8) is 0 Å². The van der Waals surface area contributed by atoms with Crippen molar-refractivity contribution >= 4 is 18.2 Å². The quantitative estimate of drug-likeness (QED) is 0.753. The van der Waals surface area contributed by atoms with Gasteiger partial charge in [-0.15, -0.1) is 0 Å². The standard InChI is InChI=1S/C13H22BN3O/c1-6-14(7-2)17-9-8-15-10-11(17)16-12(18-14)13(3,4)5/h8-10H,6-7H2,1-5H3. The van der Waals surface area contributed by atoms with Crippen molar-refractivity contribution in [2.45, 2.75) is 47.3 Å². The predicted octanol–water partition coefficient (Wildman–Crippen LogP) is 2.81. The van der Waals surface area contributed by atoms with Crippen LogP contribution in [-0.2, 0) is 4.65 Å². The van der Waals surface area contributed by atoms with E-state index in [1.165, 1.54) is 0 Å². The Morgan fingerprint density at radius 2 is 1.94 bits per heavy atom. The van der Waals surface area contributed by atoms with E-state index in [-0.39, 0.29) is 5.41 Å². The van der Waals surface area contributed by atoms with Crippen LogP contribution in [-0.4, -0.2) is 17.4 Å². The van der Waals surface area contributed by atoms with Gasteiger partial charge in [-0.1, -0.05) is 26.5 Å². The number of aromatic nitrogens is 2. The average molecular weight is 247 g/mol. The normalized spacial score (nSPS) is 17.7. The molecule has 0 saturated carbocycles. The second-order valence-electron chi connectivity index (χ2n) is 6.04. The Balaban J connectivity index is 2.60. The van der Waals surface area contributed by atoms with E-state index >= 15 is 0 Å². The summed E-state index contributed by atoms with van der Waals surface area (Å²) in [4.78, 5) is 8.79. The molecule has 1 aromatic rings. The van der Waals surface area contributed by atoms with Crippen LogP contribution >= 0.6 is 0 Å². The molecule has 2 heterocycles. The monoisotopic (exact) mass is 247 g/mol. The Bertz CT molecular complexity index is 475. The third-order valence-corrected chi connectivity index (χ3v) is 3.74. The number of fused-ring (bicyclic) bond motifs is 1. The molecule has 0 amide bonds. The molecule has 4 nitrogen and oxygen atoms in total. The summed E-state index contributed by atoms with van der Waals surface area (Å²) in [6.45, 7) is 9.66. The maximum absolute atomic E-state index is 6.31. The van der Waals surface area contributed by atoms with Gasteiger partial charge in [0.25, 0.3) is 5.90 Å². The van der Waals surface area contributed by atoms with Crippen LogP contribution in [0.15, 0.2) is 23.6 Å². The summed E-state index contributed by atoms with van der Waals surface area (Å²) >= 11 is 0. The van der Waals surface area contributed by atoms with E-state index in [1.54, 1.807) is 6.20 Å². The van der Waals surface area contributed by atoms with Gasteiger partial charge >= 0.3 is 12.3 Å².